The predicted octanol–water partition coefficient (Wildman–Crippen LogP) is 4.63. The van der Waals surface area contributed by atoms with Crippen LogP contribution >= 0.6 is 7.44 Å². The van der Waals surface area contributed by atoms with Gasteiger partial charge < -0.3 is 24.5 Å². The molecule has 0 aromatic carbocycles. The molecule has 0 aliphatic carbocycles. The molecule has 2 rings (SSSR count). The van der Waals surface area contributed by atoms with E-state index in [2.05, 4.69) is 27.1 Å². The molecule has 12 nitrogen and oxygen atoms in total. The summed E-state index contributed by atoms with van der Waals surface area (Å²) in [5, 5.41) is 6.14. The van der Waals surface area contributed by atoms with Crippen molar-refractivity contribution in [3.8, 4) is 0 Å². The second-order valence-corrected chi connectivity index (χ2v) is 13.8. The quantitative estimate of drug-likeness (QED) is 0.125. The monoisotopic (exact) mass is 596 g/mol. The largest absolute Gasteiger partial charge is 0.464 e. The molecule has 0 unspecified atom stereocenters. The van der Waals surface area contributed by atoms with E-state index in [4.69, 9.17) is 19.9 Å². The van der Waals surface area contributed by atoms with E-state index in [0.717, 1.165) is 19.3 Å². The van der Waals surface area contributed by atoms with Gasteiger partial charge in [0.15, 0.2) is 5.65 Å². The third-order valence-electron chi connectivity index (χ3n) is 6.41. The van der Waals surface area contributed by atoms with Crippen molar-refractivity contribution >= 4 is 36.2 Å². The number of ether oxygens (including phenoxy) is 3. The topological polar surface area (TPSA) is 160 Å². The van der Waals surface area contributed by atoms with Crippen molar-refractivity contribution < 1.29 is 28.4 Å². The van der Waals surface area contributed by atoms with E-state index in [1.54, 1.807) is 46.3 Å². The molecule has 0 spiro atoms. The number of aromatic nitrogens is 3. The second kappa shape index (κ2) is 15.6. The van der Waals surface area contributed by atoms with Crippen LogP contribution in [0.25, 0.3) is 11.2 Å². The Morgan fingerprint density at radius 2 is 1.85 bits per heavy atom. The maximum absolute atomic E-state index is 14.4. The van der Waals surface area contributed by atoms with Gasteiger partial charge in [0.05, 0.1) is 43.8 Å². The van der Waals surface area contributed by atoms with Gasteiger partial charge in [-0.2, -0.15) is 0 Å². The van der Waals surface area contributed by atoms with E-state index in [-0.39, 0.29) is 31.4 Å². The number of nitrogens with two attached hydrogens (primary N) is 1. The maximum Gasteiger partial charge on any atom is 0.326 e. The summed E-state index contributed by atoms with van der Waals surface area (Å²) in [6, 6.07) is 1.19. The van der Waals surface area contributed by atoms with Crippen LogP contribution in [0.1, 0.15) is 81.1 Å². The summed E-state index contributed by atoms with van der Waals surface area (Å²) in [5.41, 5.74) is 6.46. The lowest BCUT2D eigenvalue weighted by Gasteiger charge is -2.34. The minimum Gasteiger partial charge on any atom is -0.464 e. The van der Waals surface area contributed by atoms with Gasteiger partial charge in [-0.25, -0.2) is 20.1 Å². The molecule has 3 atom stereocenters. The van der Waals surface area contributed by atoms with Crippen LogP contribution < -0.4 is 15.9 Å². The Morgan fingerprint density at radius 3 is 2.49 bits per heavy atom. The zero-order chi connectivity index (χ0) is 30.8. The average Bonchev–Trinajstić information content (AvgIpc) is 3.28. The van der Waals surface area contributed by atoms with Gasteiger partial charge >= 0.3 is 11.9 Å². The highest BCUT2D eigenvalue weighted by Crippen LogP contribution is 2.41. The molecule has 4 N–H and O–H groups in total. The number of esters is 2. The first-order valence-corrected chi connectivity index (χ1v) is 16.3. The average molecular weight is 597 g/mol. The van der Waals surface area contributed by atoms with Gasteiger partial charge in [0.1, 0.15) is 17.4 Å². The van der Waals surface area contributed by atoms with Gasteiger partial charge in [0.25, 0.3) is 0 Å². The van der Waals surface area contributed by atoms with Crippen LogP contribution in [0.5, 0.6) is 0 Å². The Morgan fingerprint density at radius 1 is 1.15 bits per heavy atom. The van der Waals surface area contributed by atoms with E-state index >= 15 is 0 Å². The Kier molecular flexibility index (Phi) is 13.2. The molecule has 0 saturated heterocycles. The van der Waals surface area contributed by atoms with E-state index in [9.17, 15) is 14.2 Å². The Bertz CT molecular complexity index is 1180. The number of imidazole rings is 1. The number of nitrogens with one attached hydrogen (secondary N) is 2. The van der Waals surface area contributed by atoms with E-state index in [1.807, 2.05) is 25.3 Å². The molecule has 2 aromatic heterocycles. The molecule has 0 fully saturated rings. The fraction of sp³-hybridized carbons (Fsp3) is 0.714. The maximum atomic E-state index is 14.4. The number of rotatable bonds is 18. The van der Waals surface area contributed by atoms with Crippen LogP contribution in [0.3, 0.4) is 0 Å². The lowest BCUT2D eigenvalue weighted by Crippen LogP contribution is -2.50. The van der Waals surface area contributed by atoms with Crippen LogP contribution in [0.4, 0.5) is 5.69 Å². The standard InChI is InChI=1S/C28H49N6O6P/c1-9-10-11-14-38-27(36)28(7,8)33-41(37,32-23(19(2)3)15-24(35)40-20(4)5)18-39-21(6)16-34-17-31-25-22(29)12-13-30-26(25)34/h12-13,17,19-21,23H,9-11,14-16,18H2,1-8H3,(H2,29,30)(H2,32,33,37)/t21-,23+,41+/m1/s1. The minimum absolute atomic E-state index is 0.00702. The van der Waals surface area contributed by atoms with Crippen molar-refractivity contribution in [3.05, 3.63) is 18.6 Å². The summed E-state index contributed by atoms with van der Waals surface area (Å²) >= 11 is 0. The summed E-state index contributed by atoms with van der Waals surface area (Å²) in [7, 11) is -3.63. The van der Waals surface area contributed by atoms with Gasteiger partial charge in [-0.05, 0) is 53.0 Å². The SMILES string of the molecule is CCCCCOC(=O)C(C)(C)N[P@](=O)(CO[C@H](C)Cn1cnc2c(N)ccnc21)N[C@@H](CC(=O)OC(C)C)C(C)C. The number of nitrogen functional groups attached to an aromatic ring is 1. The van der Waals surface area contributed by atoms with Crippen LogP contribution in [0.2, 0.25) is 0 Å². The summed E-state index contributed by atoms with van der Waals surface area (Å²) in [4.78, 5) is 34.1. The molecule has 232 valence electrons. The van der Waals surface area contributed by atoms with Gasteiger partial charge in [0.2, 0.25) is 7.44 Å². The second-order valence-electron chi connectivity index (χ2n) is 11.6. The molecule has 0 saturated carbocycles. The Labute approximate surface area is 244 Å². The molecule has 13 heteroatoms. The highest BCUT2D eigenvalue weighted by Gasteiger charge is 2.39. The number of hydrogen-bond donors (Lipinski definition) is 3. The zero-order valence-corrected chi connectivity index (χ0v) is 26.7. The van der Waals surface area contributed by atoms with Gasteiger partial charge in [-0.15, -0.1) is 0 Å². The highest BCUT2D eigenvalue weighted by atomic mass is 31.2. The molecule has 0 bridgehead atoms. The van der Waals surface area contributed by atoms with Crippen LogP contribution in [0, 0.1) is 5.92 Å². The normalized spacial score (nSPS) is 15.2. The van der Waals surface area contributed by atoms with Gasteiger partial charge in [-0.3, -0.25) is 14.2 Å². The minimum atomic E-state index is -3.63. The summed E-state index contributed by atoms with van der Waals surface area (Å²) in [6.07, 6.45) is 5.05. The summed E-state index contributed by atoms with van der Waals surface area (Å²) in [6.45, 7) is 15.2. The molecule has 2 aromatic rings. The van der Waals surface area contributed by atoms with Crippen LogP contribution in [-0.4, -0.2) is 63.2 Å². The molecular weight excluding hydrogens is 547 g/mol. The highest BCUT2D eigenvalue weighted by molar-refractivity contribution is 7.59. The number of nitrogens with zero attached hydrogens (tertiary/aromatic N) is 3. The third-order valence-corrected chi connectivity index (χ3v) is 8.60. The number of anilines is 1. The molecule has 0 aliphatic rings. The molecular formula is C28H49N6O6P. The van der Waals surface area contributed by atoms with Crippen molar-refractivity contribution in [2.75, 3.05) is 18.7 Å². The molecule has 0 amide bonds. The smallest absolute Gasteiger partial charge is 0.326 e. The van der Waals surface area contributed by atoms with E-state index in [0.29, 0.717) is 23.4 Å². The van der Waals surface area contributed by atoms with E-state index < -0.39 is 37.1 Å². The lowest BCUT2D eigenvalue weighted by molar-refractivity contribution is -0.150. The number of carbonyl (C=O) groups is 2. The Hall–Kier alpha value is -2.53. The zero-order valence-electron chi connectivity index (χ0n) is 25.8. The van der Waals surface area contributed by atoms with Gasteiger partial charge in [-0.1, -0.05) is 33.6 Å². The number of unbranched alkanes of at least 4 members (excludes halogenated alkanes) is 2. The molecule has 0 aliphatic heterocycles. The van der Waals surface area contributed by atoms with Crippen LogP contribution in [0.15, 0.2) is 18.6 Å². The first kappa shape index (κ1) is 34.7. The summed E-state index contributed by atoms with van der Waals surface area (Å²) in [5.74, 6) is -0.988. The number of fused-ring (bicyclic) bond motifs is 1. The Balaban J connectivity index is 2.21. The van der Waals surface area contributed by atoms with Crippen molar-refractivity contribution in [1.29, 1.82) is 0 Å². The van der Waals surface area contributed by atoms with Crippen molar-refractivity contribution in [1.82, 2.24) is 24.7 Å². The summed E-state index contributed by atoms with van der Waals surface area (Å²) < 4.78 is 33.1. The molecule has 0 radical (unpaired) electrons. The van der Waals surface area contributed by atoms with Crippen molar-refractivity contribution in [3.63, 3.8) is 0 Å². The first-order valence-electron chi connectivity index (χ1n) is 14.4. The molecule has 2 heterocycles. The lowest BCUT2D eigenvalue weighted by atomic mass is 10.0. The van der Waals surface area contributed by atoms with Crippen molar-refractivity contribution in [2.45, 2.75) is 111 Å². The molecule has 41 heavy (non-hydrogen) atoms. The van der Waals surface area contributed by atoms with Gasteiger partial charge in [0, 0.05) is 12.2 Å². The first-order chi connectivity index (χ1) is 19.2. The van der Waals surface area contributed by atoms with Crippen molar-refractivity contribution in [2.24, 2.45) is 5.92 Å². The fourth-order valence-corrected chi connectivity index (χ4v) is 6.75. The number of hydrogen-bond acceptors (Lipinski definition) is 9. The number of pyridine rings is 1. The predicted molar refractivity (Wildman–Crippen MR) is 160 cm³/mol. The fourth-order valence-electron chi connectivity index (χ4n) is 4.16. The third kappa shape index (κ3) is 11.0. The van der Waals surface area contributed by atoms with Crippen LogP contribution in [-0.2, 0) is 34.9 Å². The van der Waals surface area contributed by atoms with E-state index in [1.165, 1.54) is 0 Å². The number of carbonyl (C=O) groups excluding carboxylic acids is 2.